The Kier molecular flexibility index (Phi) is 4.65. The van der Waals surface area contributed by atoms with E-state index in [1.165, 1.54) is 49.8 Å². The Morgan fingerprint density at radius 2 is 2.11 bits per heavy atom. The molecule has 0 saturated carbocycles. The summed E-state index contributed by atoms with van der Waals surface area (Å²) in [6, 6.07) is 7.27. The average Bonchev–Trinajstić information content (AvgIpc) is 2.59. The van der Waals surface area contributed by atoms with Gasteiger partial charge in [-0.3, -0.25) is 4.90 Å². The Labute approximate surface area is 111 Å². The Balaban J connectivity index is 2.07. The first-order valence-electron chi connectivity index (χ1n) is 7.29. The standard InChI is InChI=1S/C16H26N2/c1-3-15-7-5-4-6-10-18(15)12-14-9-8-13(2)16(17)11-14/h8-9,11,15H,3-7,10,12,17H2,1-2H3. The van der Waals surface area contributed by atoms with Gasteiger partial charge in [0.05, 0.1) is 0 Å². The number of hydrogen-bond donors (Lipinski definition) is 1. The van der Waals surface area contributed by atoms with E-state index in [1.807, 2.05) is 0 Å². The third kappa shape index (κ3) is 3.26. The molecule has 2 N–H and O–H groups in total. The van der Waals surface area contributed by atoms with Crippen molar-refractivity contribution < 1.29 is 0 Å². The van der Waals surface area contributed by atoms with Crippen molar-refractivity contribution in [2.24, 2.45) is 0 Å². The summed E-state index contributed by atoms with van der Waals surface area (Å²) in [7, 11) is 0. The van der Waals surface area contributed by atoms with Crippen LogP contribution in [0, 0.1) is 6.92 Å². The van der Waals surface area contributed by atoms with Gasteiger partial charge in [0.15, 0.2) is 0 Å². The number of nitrogen functional groups attached to an aromatic ring is 1. The minimum Gasteiger partial charge on any atom is -0.399 e. The highest BCUT2D eigenvalue weighted by atomic mass is 15.2. The maximum Gasteiger partial charge on any atom is 0.0346 e. The van der Waals surface area contributed by atoms with E-state index >= 15 is 0 Å². The molecule has 1 aromatic rings. The fourth-order valence-corrected chi connectivity index (χ4v) is 2.93. The molecule has 1 saturated heterocycles. The predicted octanol–water partition coefficient (Wildman–Crippen LogP) is 3.73. The van der Waals surface area contributed by atoms with Crippen molar-refractivity contribution in [3.63, 3.8) is 0 Å². The summed E-state index contributed by atoms with van der Waals surface area (Å²) in [5.74, 6) is 0. The molecular formula is C16H26N2. The highest BCUT2D eigenvalue weighted by Crippen LogP contribution is 2.22. The smallest absolute Gasteiger partial charge is 0.0346 e. The van der Waals surface area contributed by atoms with Gasteiger partial charge in [-0.15, -0.1) is 0 Å². The Morgan fingerprint density at radius 1 is 1.28 bits per heavy atom. The van der Waals surface area contributed by atoms with Gasteiger partial charge in [0, 0.05) is 18.3 Å². The second-order valence-electron chi connectivity index (χ2n) is 5.57. The highest BCUT2D eigenvalue weighted by molar-refractivity contribution is 5.48. The van der Waals surface area contributed by atoms with Crippen molar-refractivity contribution in [3.8, 4) is 0 Å². The third-order valence-electron chi connectivity index (χ3n) is 4.20. The van der Waals surface area contributed by atoms with Crippen molar-refractivity contribution in [1.82, 2.24) is 4.90 Å². The summed E-state index contributed by atoms with van der Waals surface area (Å²) in [4.78, 5) is 2.65. The van der Waals surface area contributed by atoms with Gasteiger partial charge < -0.3 is 5.73 Å². The molecule has 0 aromatic heterocycles. The molecule has 2 heteroatoms. The molecule has 0 amide bonds. The zero-order valence-electron chi connectivity index (χ0n) is 11.8. The largest absolute Gasteiger partial charge is 0.399 e. The van der Waals surface area contributed by atoms with Crippen molar-refractivity contribution >= 4 is 5.69 Å². The molecule has 0 radical (unpaired) electrons. The molecule has 1 aliphatic rings. The second-order valence-corrected chi connectivity index (χ2v) is 5.57. The topological polar surface area (TPSA) is 29.3 Å². The van der Waals surface area contributed by atoms with Gasteiger partial charge in [-0.1, -0.05) is 31.9 Å². The zero-order chi connectivity index (χ0) is 13.0. The van der Waals surface area contributed by atoms with Crippen LogP contribution in [-0.2, 0) is 6.54 Å². The summed E-state index contributed by atoms with van der Waals surface area (Å²) in [6.07, 6.45) is 6.76. The van der Waals surface area contributed by atoms with Gasteiger partial charge in [0.25, 0.3) is 0 Å². The molecule has 18 heavy (non-hydrogen) atoms. The first kappa shape index (κ1) is 13.4. The normalized spacial score (nSPS) is 21.8. The molecule has 1 aliphatic heterocycles. The van der Waals surface area contributed by atoms with Crippen LogP contribution < -0.4 is 5.73 Å². The van der Waals surface area contributed by atoms with Crippen LogP contribution in [-0.4, -0.2) is 17.5 Å². The fourth-order valence-electron chi connectivity index (χ4n) is 2.93. The lowest BCUT2D eigenvalue weighted by Crippen LogP contribution is -2.33. The number of anilines is 1. The van der Waals surface area contributed by atoms with Crippen LogP contribution in [0.15, 0.2) is 18.2 Å². The van der Waals surface area contributed by atoms with Crippen LogP contribution in [0.2, 0.25) is 0 Å². The van der Waals surface area contributed by atoms with Crippen LogP contribution in [0.3, 0.4) is 0 Å². The van der Waals surface area contributed by atoms with Gasteiger partial charge >= 0.3 is 0 Å². The SMILES string of the molecule is CCC1CCCCCN1Cc1ccc(C)c(N)c1. The Bertz CT molecular complexity index is 387. The number of benzene rings is 1. The molecule has 2 nitrogen and oxygen atoms in total. The van der Waals surface area contributed by atoms with E-state index in [0.29, 0.717) is 0 Å². The summed E-state index contributed by atoms with van der Waals surface area (Å²) < 4.78 is 0. The van der Waals surface area contributed by atoms with Crippen LogP contribution in [0.1, 0.15) is 50.2 Å². The van der Waals surface area contributed by atoms with Crippen molar-refractivity contribution in [2.75, 3.05) is 12.3 Å². The van der Waals surface area contributed by atoms with Gasteiger partial charge in [0.1, 0.15) is 0 Å². The molecule has 2 rings (SSSR count). The Morgan fingerprint density at radius 3 is 2.83 bits per heavy atom. The fraction of sp³-hybridized carbons (Fsp3) is 0.625. The molecule has 100 valence electrons. The van der Waals surface area contributed by atoms with Gasteiger partial charge in [0.2, 0.25) is 0 Å². The summed E-state index contributed by atoms with van der Waals surface area (Å²) in [5.41, 5.74) is 9.47. The maximum atomic E-state index is 6.01. The average molecular weight is 246 g/mol. The molecule has 1 aromatic carbocycles. The summed E-state index contributed by atoms with van der Waals surface area (Å²) in [5, 5.41) is 0. The lowest BCUT2D eigenvalue weighted by atomic mass is 10.1. The first-order chi connectivity index (χ1) is 8.70. The third-order valence-corrected chi connectivity index (χ3v) is 4.20. The van der Waals surface area contributed by atoms with E-state index in [-0.39, 0.29) is 0 Å². The van der Waals surface area contributed by atoms with E-state index in [1.54, 1.807) is 0 Å². The van der Waals surface area contributed by atoms with Crippen molar-refractivity contribution in [2.45, 2.75) is 58.5 Å². The lowest BCUT2D eigenvalue weighted by molar-refractivity contribution is 0.186. The molecule has 0 spiro atoms. The minimum atomic E-state index is 0.759. The van der Waals surface area contributed by atoms with Gasteiger partial charge in [-0.25, -0.2) is 0 Å². The van der Waals surface area contributed by atoms with E-state index in [4.69, 9.17) is 5.73 Å². The molecule has 0 bridgehead atoms. The minimum absolute atomic E-state index is 0.759. The summed E-state index contributed by atoms with van der Waals surface area (Å²) >= 11 is 0. The van der Waals surface area contributed by atoms with E-state index in [9.17, 15) is 0 Å². The molecule has 1 heterocycles. The van der Waals surface area contributed by atoms with Crippen LogP contribution in [0.4, 0.5) is 5.69 Å². The number of rotatable bonds is 3. The first-order valence-corrected chi connectivity index (χ1v) is 7.29. The summed E-state index contributed by atoms with van der Waals surface area (Å²) in [6.45, 7) is 6.68. The second kappa shape index (κ2) is 6.24. The van der Waals surface area contributed by atoms with Crippen molar-refractivity contribution in [3.05, 3.63) is 29.3 Å². The lowest BCUT2D eigenvalue weighted by Gasteiger charge is -2.29. The Hall–Kier alpha value is -1.02. The molecule has 0 aliphatic carbocycles. The highest BCUT2D eigenvalue weighted by Gasteiger charge is 2.19. The van der Waals surface area contributed by atoms with Gasteiger partial charge in [-0.05, 0) is 49.9 Å². The van der Waals surface area contributed by atoms with Crippen LogP contribution in [0.5, 0.6) is 0 Å². The monoisotopic (exact) mass is 246 g/mol. The number of nitrogens with two attached hydrogens (primary N) is 1. The van der Waals surface area contributed by atoms with Crippen LogP contribution in [0.25, 0.3) is 0 Å². The molecular weight excluding hydrogens is 220 g/mol. The predicted molar refractivity (Wildman–Crippen MR) is 78.5 cm³/mol. The molecule has 1 unspecified atom stereocenters. The quantitative estimate of drug-likeness (QED) is 0.823. The van der Waals surface area contributed by atoms with E-state index in [2.05, 4.69) is 36.9 Å². The molecule has 1 atom stereocenters. The van der Waals surface area contributed by atoms with Gasteiger partial charge in [-0.2, -0.15) is 0 Å². The number of nitrogens with zero attached hydrogens (tertiary/aromatic N) is 1. The number of hydrogen-bond acceptors (Lipinski definition) is 2. The number of likely N-dealkylation sites (tertiary alicyclic amines) is 1. The zero-order valence-corrected chi connectivity index (χ0v) is 11.8. The molecule has 1 fully saturated rings. The van der Waals surface area contributed by atoms with E-state index in [0.717, 1.165) is 18.3 Å². The van der Waals surface area contributed by atoms with Crippen molar-refractivity contribution in [1.29, 1.82) is 0 Å². The van der Waals surface area contributed by atoms with Crippen LogP contribution >= 0.6 is 0 Å². The maximum absolute atomic E-state index is 6.01. The number of aryl methyl sites for hydroxylation is 1. The van der Waals surface area contributed by atoms with E-state index < -0.39 is 0 Å².